The number of aromatic nitrogens is 3. The zero-order valence-electron chi connectivity index (χ0n) is 6.78. The molecule has 0 radical (unpaired) electrons. The molecule has 4 heteroatoms. The molecule has 0 aromatic carbocycles. The van der Waals surface area contributed by atoms with Crippen LogP contribution in [0.5, 0.6) is 0 Å². The topological polar surface area (TPSA) is 67.6 Å². The predicted octanol–water partition coefficient (Wildman–Crippen LogP) is 0.978. The van der Waals surface area contributed by atoms with Crippen molar-refractivity contribution >= 4 is 11.0 Å². The van der Waals surface area contributed by atoms with Crippen LogP contribution in [-0.2, 0) is 0 Å². The Kier molecular flexibility index (Phi) is 1.55. The lowest BCUT2D eigenvalue weighted by atomic mass is 10.3. The van der Waals surface area contributed by atoms with Crippen LogP contribution in [0.3, 0.4) is 0 Å². The number of fused-ring (bicyclic) bond motifs is 1. The van der Waals surface area contributed by atoms with E-state index in [1.807, 2.05) is 19.2 Å². The molecule has 1 atom stereocenters. The van der Waals surface area contributed by atoms with Crippen molar-refractivity contribution in [3.8, 4) is 0 Å². The second-order valence-electron chi connectivity index (χ2n) is 2.80. The number of nitrogens with two attached hydrogens (primary N) is 1. The van der Waals surface area contributed by atoms with E-state index in [0.717, 1.165) is 11.0 Å². The summed E-state index contributed by atoms with van der Waals surface area (Å²) in [4.78, 5) is 11.4. The number of rotatable bonds is 1. The van der Waals surface area contributed by atoms with Crippen LogP contribution < -0.4 is 5.73 Å². The lowest BCUT2D eigenvalue weighted by Crippen LogP contribution is -2.09. The molecule has 2 aromatic rings. The molecule has 0 aliphatic heterocycles. The summed E-state index contributed by atoms with van der Waals surface area (Å²) in [5, 5.41) is 1.01. The van der Waals surface area contributed by atoms with Crippen molar-refractivity contribution < 1.29 is 0 Å². The number of hydrogen-bond acceptors (Lipinski definition) is 3. The van der Waals surface area contributed by atoms with Gasteiger partial charge in [-0.15, -0.1) is 0 Å². The van der Waals surface area contributed by atoms with Gasteiger partial charge in [0.15, 0.2) is 0 Å². The molecule has 0 aliphatic carbocycles. The maximum Gasteiger partial charge on any atom is 0.147 e. The molecule has 0 aliphatic rings. The number of nitrogens with one attached hydrogen (secondary N) is 1. The molecule has 3 N–H and O–H groups in total. The Balaban J connectivity index is 2.60. The first-order valence-corrected chi connectivity index (χ1v) is 3.83. The van der Waals surface area contributed by atoms with Crippen molar-refractivity contribution in [3.05, 3.63) is 24.3 Å². The molecule has 0 bridgehead atoms. The summed E-state index contributed by atoms with van der Waals surface area (Å²) in [5.74, 6) is 0.671. The van der Waals surface area contributed by atoms with Gasteiger partial charge in [0, 0.05) is 17.8 Å². The van der Waals surface area contributed by atoms with E-state index >= 15 is 0 Å². The largest absolute Gasteiger partial charge is 0.346 e. The van der Waals surface area contributed by atoms with Crippen LogP contribution in [0.1, 0.15) is 18.8 Å². The zero-order chi connectivity index (χ0) is 8.55. The van der Waals surface area contributed by atoms with E-state index in [9.17, 15) is 0 Å². The smallest absolute Gasteiger partial charge is 0.147 e. The Bertz CT molecular complexity index is 391. The molecule has 0 saturated heterocycles. The Morgan fingerprint density at radius 3 is 3.17 bits per heavy atom. The van der Waals surface area contributed by atoms with E-state index in [0.29, 0.717) is 5.82 Å². The van der Waals surface area contributed by atoms with Gasteiger partial charge in [-0.05, 0) is 13.0 Å². The molecule has 1 unspecified atom stereocenters. The van der Waals surface area contributed by atoms with Crippen LogP contribution in [0.2, 0.25) is 0 Å². The monoisotopic (exact) mass is 162 g/mol. The molecular weight excluding hydrogens is 152 g/mol. The van der Waals surface area contributed by atoms with Crippen molar-refractivity contribution in [3.63, 3.8) is 0 Å². The van der Waals surface area contributed by atoms with Gasteiger partial charge in [0.05, 0.1) is 6.04 Å². The minimum atomic E-state index is -0.113. The van der Waals surface area contributed by atoms with Gasteiger partial charge in [0.1, 0.15) is 11.5 Å². The van der Waals surface area contributed by atoms with Crippen molar-refractivity contribution in [2.24, 2.45) is 5.73 Å². The first-order chi connectivity index (χ1) is 5.77. The lowest BCUT2D eigenvalue weighted by molar-refractivity contribution is 0.745. The van der Waals surface area contributed by atoms with E-state index in [1.54, 1.807) is 6.20 Å². The predicted molar refractivity (Wildman–Crippen MR) is 46.5 cm³/mol. The molecule has 4 nitrogen and oxygen atoms in total. The zero-order valence-corrected chi connectivity index (χ0v) is 6.78. The summed E-state index contributed by atoms with van der Waals surface area (Å²) >= 11 is 0. The van der Waals surface area contributed by atoms with E-state index in [2.05, 4.69) is 15.0 Å². The van der Waals surface area contributed by atoms with Gasteiger partial charge in [0.25, 0.3) is 0 Å². The SMILES string of the molecule is CC(N)c1ncc2cc[nH]c2n1. The number of H-pyrrole nitrogens is 1. The fourth-order valence-corrected chi connectivity index (χ4v) is 1.07. The second kappa shape index (κ2) is 2.57. The Hall–Kier alpha value is -1.42. The van der Waals surface area contributed by atoms with E-state index in [4.69, 9.17) is 5.73 Å². The van der Waals surface area contributed by atoms with Gasteiger partial charge in [-0.2, -0.15) is 0 Å². The van der Waals surface area contributed by atoms with E-state index in [-0.39, 0.29) is 6.04 Å². The van der Waals surface area contributed by atoms with E-state index < -0.39 is 0 Å². The highest BCUT2D eigenvalue weighted by Crippen LogP contribution is 2.10. The van der Waals surface area contributed by atoms with Gasteiger partial charge in [-0.25, -0.2) is 9.97 Å². The minimum Gasteiger partial charge on any atom is -0.346 e. The molecular formula is C8H10N4. The summed E-state index contributed by atoms with van der Waals surface area (Å²) in [6.45, 7) is 1.87. The first-order valence-electron chi connectivity index (χ1n) is 3.83. The maximum atomic E-state index is 5.63. The van der Waals surface area contributed by atoms with Crippen LogP contribution in [0.25, 0.3) is 11.0 Å². The van der Waals surface area contributed by atoms with Crippen LogP contribution in [0.15, 0.2) is 18.5 Å². The highest BCUT2D eigenvalue weighted by atomic mass is 15.0. The fourth-order valence-electron chi connectivity index (χ4n) is 1.07. The third kappa shape index (κ3) is 1.06. The van der Waals surface area contributed by atoms with Gasteiger partial charge >= 0.3 is 0 Å². The number of hydrogen-bond donors (Lipinski definition) is 2. The molecule has 62 valence electrons. The van der Waals surface area contributed by atoms with Gasteiger partial charge < -0.3 is 10.7 Å². The quantitative estimate of drug-likeness (QED) is 0.656. The molecule has 12 heavy (non-hydrogen) atoms. The highest BCUT2D eigenvalue weighted by Gasteiger charge is 2.03. The lowest BCUT2D eigenvalue weighted by Gasteiger charge is -2.01. The summed E-state index contributed by atoms with van der Waals surface area (Å²) in [6, 6.07) is 1.82. The first kappa shape index (κ1) is 7.24. The Morgan fingerprint density at radius 1 is 1.58 bits per heavy atom. The molecule has 0 fully saturated rings. The third-order valence-electron chi connectivity index (χ3n) is 1.73. The van der Waals surface area contributed by atoms with Crippen LogP contribution >= 0.6 is 0 Å². The van der Waals surface area contributed by atoms with Crippen molar-refractivity contribution in [1.82, 2.24) is 15.0 Å². The summed E-state index contributed by atoms with van der Waals surface area (Å²) in [5.41, 5.74) is 6.48. The van der Waals surface area contributed by atoms with Crippen LogP contribution in [-0.4, -0.2) is 15.0 Å². The standard InChI is InChI=1S/C8H10N4/c1-5(9)7-11-4-6-2-3-10-8(6)12-7/h2-5H,9H2,1H3,(H,10,11,12). The third-order valence-corrected chi connectivity index (χ3v) is 1.73. The molecule has 2 rings (SSSR count). The average Bonchev–Trinajstić information content (AvgIpc) is 2.49. The molecule has 0 amide bonds. The van der Waals surface area contributed by atoms with Gasteiger partial charge in [-0.1, -0.05) is 0 Å². The molecule has 0 spiro atoms. The van der Waals surface area contributed by atoms with Gasteiger partial charge in [-0.3, -0.25) is 0 Å². The summed E-state index contributed by atoms with van der Waals surface area (Å²) in [6.07, 6.45) is 3.61. The minimum absolute atomic E-state index is 0.113. The second-order valence-corrected chi connectivity index (χ2v) is 2.80. The van der Waals surface area contributed by atoms with Crippen LogP contribution in [0.4, 0.5) is 0 Å². The Labute approximate surface area is 69.8 Å². The Morgan fingerprint density at radius 2 is 2.42 bits per heavy atom. The van der Waals surface area contributed by atoms with E-state index in [1.165, 1.54) is 0 Å². The number of nitrogens with zero attached hydrogens (tertiary/aromatic N) is 2. The highest BCUT2D eigenvalue weighted by molar-refractivity contribution is 5.73. The maximum absolute atomic E-state index is 5.63. The van der Waals surface area contributed by atoms with Gasteiger partial charge in [0.2, 0.25) is 0 Å². The normalized spacial score (nSPS) is 13.5. The van der Waals surface area contributed by atoms with Crippen molar-refractivity contribution in [1.29, 1.82) is 0 Å². The van der Waals surface area contributed by atoms with Crippen molar-refractivity contribution in [2.75, 3.05) is 0 Å². The average molecular weight is 162 g/mol. The summed E-state index contributed by atoms with van der Waals surface area (Å²) < 4.78 is 0. The molecule has 2 aromatic heterocycles. The molecule has 2 heterocycles. The van der Waals surface area contributed by atoms with Crippen LogP contribution in [0, 0.1) is 0 Å². The fraction of sp³-hybridized carbons (Fsp3) is 0.250. The summed E-state index contributed by atoms with van der Waals surface area (Å²) in [7, 11) is 0. The molecule has 0 saturated carbocycles. The van der Waals surface area contributed by atoms with Crippen molar-refractivity contribution in [2.45, 2.75) is 13.0 Å². The number of aromatic amines is 1.